The molecule has 2 atom stereocenters. The second kappa shape index (κ2) is 13.0. The quantitative estimate of drug-likeness (QED) is 0.322. The summed E-state index contributed by atoms with van der Waals surface area (Å²) in [4.78, 5) is 31.2. The van der Waals surface area contributed by atoms with E-state index in [1.54, 1.807) is 46.8 Å². The normalized spacial score (nSPS) is 21.9. The number of hydrogen-bond acceptors (Lipinski definition) is 4. The molecule has 1 N–H and O–H groups in total. The minimum atomic E-state index is -5.03. The number of carbonyl (C=O) groups is 2. The van der Waals surface area contributed by atoms with Crippen LogP contribution in [0.15, 0.2) is 42.5 Å². The van der Waals surface area contributed by atoms with Crippen molar-refractivity contribution in [2.45, 2.75) is 95.9 Å². The second-order valence-corrected chi connectivity index (χ2v) is 13.5. The first kappa shape index (κ1) is 35.5. The highest BCUT2D eigenvalue weighted by atomic mass is 19.4. The SMILES string of the molecule is CC(C)C1(C(=O)NCc2cc(C(F)(F)F)cc(C(F)(F)F)c2)CC(N2CCC(c3ccc(F)cc3)CC2)CN1C(=O)OC(C)(C)C. The molecule has 2 aliphatic rings. The van der Waals surface area contributed by atoms with Crippen LogP contribution < -0.4 is 5.32 Å². The lowest BCUT2D eigenvalue weighted by molar-refractivity contribution is -0.143. The van der Waals surface area contributed by atoms with E-state index in [9.17, 15) is 40.3 Å². The van der Waals surface area contributed by atoms with Crippen LogP contribution in [-0.2, 0) is 28.4 Å². The summed E-state index contributed by atoms with van der Waals surface area (Å²) >= 11 is 0. The van der Waals surface area contributed by atoms with E-state index in [4.69, 9.17) is 4.74 Å². The average molecular weight is 660 g/mol. The number of nitrogens with one attached hydrogen (secondary N) is 1. The summed E-state index contributed by atoms with van der Waals surface area (Å²) in [7, 11) is 0. The zero-order valence-electron chi connectivity index (χ0n) is 26.5. The van der Waals surface area contributed by atoms with Gasteiger partial charge >= 0.3 is 18.4 Å². The maximum Gasteiger partial charge on any atom is 0.416 e. The minimum Gasteiger partial charge on any atom is -0.444 e. The third kappa shape index (κ3) is 7.95. The zero-order chi connectivity index (χ0) is 34.2. The molecule has 2 aromatic carbocycles. The van der Waals surface area contributed by atoms with Gasteiger partial charge in [-0.25, -0.2) is 9.18 Å². The van der Waals surface area contributed by atoms with Gasteiger partial charge in [0.25, 0.3) is 0 Å². The van der Waals surface area contributed by atoms with E-state index >= 15 is 0 Å². The molecule has 0 saturated carbocycles. The maximum absolute atomic E-state index is 14.1. The van der Waals surface area contributed by atoms with Gasteiger partial charge in [-0.2, -0.15) is 26.3 Å². The molecule has 2 aromatic rings. The number of rotatable bonds is 6. The monoisotopic (exact) mass is 659 g/mol. The predicted octanol–water partition coefficient (Wildman–Crippen LogP) is 7.76. The molecule has 0 bridgehead atoms. The zero-order valence-corrected chi connectivity index (χ0v) is 26.5. The fourth-order valence-electron chi connectivity index (χ4n) is 6.52. The van der Waals surface area contributed by atoms with Gasteiger partial charge in [-0.3, -0.25) is 14.6 Å². The number of carbonyl (C=O) groups excluding carboxylic acids is 2. The Balaban J connectivity index is 1.59. The number of halogens is 7. The Morgan fingerprint density at radius 1 is 0.935 bits per heavy atom. The second-order valence-electron chi connectivity index (χ2n) is 13.5. The van der Waals surface area contributed by atoms with Gasteiger partial charge in [-0.05, 0) is 106 Å². The Morgan fingerprint density at radius 3 is 1.96 bits per heavy atom. The van der Waals surface area contributed by atoms with Crippen molar-refractivity contribution in [2.24, 2.45) is 5.92 Å². The van der Waals surface area contributed by atoms with E-state index in [1.807, 2.05) is 0 Å². The van der Waals surface area contributed by atoms with E-state index in [0.717, 1.165) is 18.4 Å². The van der Waals surface area contributed by atoms with Crippen LogP contribution >= 0.6 is 0 Å². The first-order valence-electron chi connectivity index (χ1n) is 15.3. The molecule has 13 heteroatoms. The lowest BCUT2D eigenvalue weighted by Gasteiger charge is -2.40. The van der Waals surface area contributed by atoms with E-state index in [1.165, 1.54) is 17.0 Å². The molecule has 254 valence electrons. The lowest BCUT2D eigenvalue weighted by atomic mass is 9.81. The summed E-state index contributed by atoms with van der Waals surface area (Å²) in [6, 6.07) is 7.31. The van der Waals surface area contributed by atoms with Crippen molar-refractivity contribution in [1.82, 2.24) is 15.1 Å². The highest BCUT2D eigenvalue weighted by Gasteiger charge is 2.57. The molecule has 46 heavy (non-hydrogen) atoms. The van der Waals surface area contributed by atoms with Crippen LogP contribution in [-0.4, -0.2) is 58.6 Å². The summed E-state index contributed by atoms with van der Waals surface area (Å²) in [6.45, 7) is 9.35. The first-order chi connectivity index (χ1) is 21.2. The molecule has 2 saturated heterocycles. The fraction of sp³-hybridized carbons (Fsp3) is 0.576. The Bertz CT molecular complexity index is 1360. The molecule has 2 unspecified atom stereocenters. The number of piperidine rings is 1. The van der Waals surface area contributed by atoms with E-state index in [0.29, 0.717) is 25.2 Å². The van der Waals surface area contributed by atoms with Gasteiger partial charge in [0.1, 0.15) is 17.0 Å². The van der Waals surface area contributed by atoms with Gasteiger partial charge in [0, 0.05) is 19.1 Å². The number of ether oxygens (including phenoxy) is 1. The molecule has 2 heterocycles. The van der Waals surface area contributed by atoms with Gasteiger partial charge < -0.3 is 10.1 Å². The van der Waals surface area contributed by atoms with Crippen molar-refractivity contribution in [3.63, 3.8) is 0 Å². The van der Waals surface area contributed by atoms with Crippen molar-refractivity contribution in [1.29, 1.82) is 0 Å². The van der Waals surface area contributed by atoms with Crippen LogP contribution in [0, 0.1) is 11.7 Å². The Kier molecular flexibility index (Phi) is 10.1. The van der Waals surface area contributed by atoms with Crippen LogP contribution in [0.2, 0.25) is 0 Å². The molecular weight excluding hydrogens is 619 g/mol. The van der Waals surface area contributed by atoms with Crippen molar-refractivity contribution in [2.75, 3.05) is 19.6 Å². The Hall–Kier alpha value is -3.35. The smallest absolute Gasteiger partial charge is 0.416 e. The summed E-state index contributed by atoms with van der Waals surface area (Å²) < 4.78 is 99.8. The number of nitrogens with zero attached hydrogens (tertiary/aromatic N) is 2. The summed E-state index contributed by atoms with van der Waals surface area (Å²) in [5.41, 5.74) is -4.70. The first-order valence-corrected chi connectivity index (χ1v) is 15.3. The number of likely N-dealkylation sites (tertiary alicyclic amines) is 2. The van der Waals surface area contributed by atoms with Crippen molar-refractivity contribution in [3.05, 3.63) is 70.5 Å². The van der Waals surface area contributed by atoms with Gasteiger partial charge in [-0.15, -0.1) is 0 Å². The molecule has 6 nitrogen and oxygen atoms in total. The molecule has 0 aromatic heterocycles. The van der Waals surface area contributed by atoms with Crippen LogP contribution in [0.25, 0.3) is 0 Å². The van der Waals surface area contributed by atoms with Crippen molar-refractivity contribution < 1.29 is 45.1 Å². The fourth-order valence-corrected chi connectivity index (χ4v) is 6.52. The van der Waals surface area contributed by atoms with Crippen molar-refractivity contribution >= 4 is 12.0 Å². The molecule has 2 fully saturated rings. The lowest BCUT2D eigenvalue weighted by Crippen LogP contribution is -2.61. The highest BCUT2D eigenvalue weighted by Crippen LogP contribution is 2.42. The number of alkyl halides is 6. The van der Waals surface area contributed by atoms with Crippen LogP contribution in [0.3, 0.4) is 0 Å². The van der Waals surface area contributed by atoms with Crippen LogP contribution in [0.1, 0.15) is 82.1 Å². The molecule has 2 amide bonds. The third-order valence-corrected chi connectivity index (χ3v) is 8.87. The molecule has 2 aliphatic heterocycles. The number of benzene rings is 2. The van der Waals surface area contributed by atoms with E-state index in [2.05, 4.69) is 10.2 Å². The van der Waals surface area contributed by atoms with E-state index < -0.39 is 59.1 Å². The molecule has 0 radical (unpaired) electrons. The van der Waals surface area contributed by atoms with Crippen LogP contribution in [0.4, 0.5) is 35.5 Å². The maximum atomic E-state index is 14.1. The third-order valence-electron chi connectivity index (χ3n) is 8.87. The summed E-state index contributed by atoms with van der Waals surface area (Å²) in [5, 5.41) is 2.55. The minimum absolute atomic E-state index is 0.0337. The van der Waals surface area contributed by atoms with Crippen molar-refractivity contribution in [3.8, 4) is 0 Å². The van der Waals surface area contributed by atoms with Gasteiger partial charge in [0.05, 0.1) is 11.1 Å². The summed E-state index contributed by atoms with van der Waals surface area (Å²) in [6.07, 6.45) is -9.07. The average Bonchev–Trinajstić information content (AvgIpc) is 3.37. The summed E-state index contributed by atoms with van der Waals surface area (Å²) in [5.74, 6) is -1.28. The van der Waals surface area contributed by atoms with E-state index in [-0.39, 0.29) is 42.4 Å². The van der Waals surface area contributed by atoms with Crippen LogP contribution in [0.5, 0.6) is 0 Å². The Morgan fingerprint density at radius 2 is 1.48 bits per heavy atom. The highest BCUT2D eigenvalue weighted by molar-refractivity contribution is 5.91. The largest absolute Gasteiger partial charge is 0.444 e. The molecular formula is C33H40F7N3O3. The van der Waals surface area contributed by atoms with Gasteiger partial charge in [0.15, 0.2) is 0 Å². The van der Waals surface area contributed by atoms with Gasteiger partial charge in [-0.1, -0.05) is 26.0 Å². The molecule has 0 spiro atoms. The number of amides is 2. The molecule has 4 rings (SSSR count). The topological polar surface area (TPSA) is 61.9 Å². The van der Waals surface area contributed by atoms with Gasteiger partial charge in [0.2, 0.25) is 5.91 Å². The Labute approximate surface area is 264 Å². The standard InChI is InChI=1S/C33H40F7N3O3/c1-20(2)31(28(44)41-18-21-14-24(32(35,36)37)16-25(15-21)33(38,39)40)17-27(19-43(31)29(45)46-30(3,4)5)42-12-10-23(11-13-42)22-6-8-26(34)9-7-22/h6-9,14-16,20,23,27H,10-13,17-19H2,1-5H3,(H,41,44). The molecule has 0 aliphatic carbocycles. The predicted molar refractivity (Wildman–Crippen MR) is 157 cm³/mol. The number of hydrogen-bond donors (Lipinski definition) is 1.